The fourth-order valence-electron chi connectivity index (χ4n) is 3.06. The van der Waals surface area contributed by atoms with E-state index in [2.05, 4.69) is 0 Å². The number of amides is 1. The van der Waals surface area contributed by atoms with E-state index in [9.17, 15) is 14.7 Å². The fourth-order valence-corrected chi connectivity index (χ4v) is 4.23. The van der Waals surface area contributed by atoms with Gasteiger partial charge in [0.05, 0.1) is 4.88 Å². The van der Waals surface area contributed by atoms with Crippen molar-refractivity contribution in [1.82, 2.24) is 4.90 Å². The van der Waals surface area contributed by atoms with Crippen LogP contribution < -0.4 is 0 Å². The topological polar surface area (TPSA) is 57.6 Å². The molecule has 0 aliphatic carbocycles. The molecule has 0 radical (unpaired) electrons. The molecule has 1 saturated heterocycles. The third-order valence-electron chi connectivity index (χ3n) is 4.25. The number of rotatable bonds is 2. The summed E-state index contributed by atoms with van der Waals surface area (Å²) in [6.45, 7) is 4.34. The first-order valence-electron chi connectivity index (χ1n) is 7.02. The molecule has 0 spiro atoms. The van der Waals surface area contributed by atoms with E-state index in [-0.39, 0.29) is 11.8 Å². The highest BCUT2D eigenvalue weighted by molar-refractivity contribution is 7.21. The molecule has 1 N–H and O–H groups in total. The fraction of sp³-hybridized carbons (Fsp3) is 0.375. The van der Waals surface area contributed by atoms with E-state index < -0.39 is 12.0 Å². The van der Waals surface area contributed by atoms with Gasteiger partial charge in [-0.1, -0.05) is 25.1 Å². The number of carboxylic acid groups (broad SMARTS) is 1. The van der Waals surface area contributed by atoms with Crippen LogP contribution in [0.1, 0.15) is 28.6 Å². The molecule has 1 aliphatic heterocycles. The van der Waals surface area contributed by atoms with Gasteiger partial charge in [-0.3, -0.25) is 4.79 Å². The summed E-state index contributed by atoms with van der Waals surface area (Å²) in [5, 5.41) is 10.4. The number of fused-ring (bicyclic) bond motifs is 1. The molecule has 110 valence electrons. The van der Waals surface area contributed by atoms with Crippen LogP contribution >= 0.6 is 11.3 Å². The van der Waals surface area contributed by atoms with Crippen LogP contribution in [-0.2, 0) is 4.79 Å². The Morgan fingerprint density at radius 3 is 2.71 bits per heavy atom. The number of aryl methyl sites for hydroxylation is 1. The predicted molar refractivity (Wildman–Crippen MR) is 82.8 cm³/mol. The maximum atomic E-state index is 12.8. The lowest BCUT2D eigenvalue weighted by Crippen LogP contribution is -2.42. The van der Waals surface area contributed by atoms with Crippen LogP contribution in [0, 0.1) is 12.8 Å². The van der Waals surface area contributed by atoms with Gasteiger partial charge in [-0.15, -0.1) is 11.3 Å². The smallest absolute Gasteiger partial charge is 0.326 e. The van der Waals surface area contributed by atoms with Crippen molar-refractivity contribution in [3.8, 4) is 0 Å². The van der Waals surface area contributed by atoms with Crippen LogP contribution in [0.25, 0.3) is 10.1 Å². The Morgan fingerprint density at radius 2 is 2.05 bits per heavy atom. The molecule has 4 nitrogen and oxygen atoms in total. The highest BCUT2D eigenvalue weighted by Gasteiger charge is 2.40. The van der Waals surface area contributed by atoms with Crippen molar-refractivity contribution in [3.63, 3.8) is 0 Å². The second-order valence-electron chi connectivity index (χ2n) is 5.60. The average Bonchev–Trinajstić information content (AvgIpc) is 3.00. The standard InChI is InChI=1S/C16H17NO3S/c1-9-7-8-17(13(9)16(19)20)15(18)14-10(2)11-5-3-4-6-12(11)21-14/h3-6,9,13H,7-8H2,1-2H3,(H,19,20). The summed E-state index contributed by atoms with van der Waals surface area (Å²) in [5.41, 5.74) is 0.948. The van der Waals surface area contributed by atoms with Gasteiger partial charge < -0.3 is 10.0 Å². The lowest BCUT2D eigenvalue weighted by Gasteiger charge is -2.23. The zero-order valence-electron chi connectivity index (χ0n) is 12.0. The summed E-state index contributed by atoms with van der Waals surface area (Å²) in [6, 6.07) is 7.19. The molecule has 2 heterocycles. The maximum absolute atomic E-state index is 12.8. The zero-order valence-corrected chi connectivity index (χ0v) is 12.8. The molecule has 2 unspecified atom stereocenters. The molecule has 5 heteroatoms. The van der Waals surface area contributed by atoms with Gasteiger partial charge in [-0.2, -0.15) is 0 Å². The first-order chi connectivity index (χ1) is 10.0. The van der Waals surface area contributed by atoms with Crippen LogP contribution in [0.3, 0.4) is 0 Å². The third kappa shape index (κ3) is 2.21. The van der Waals surface area contributed by atoms with E-state index in [0.717, 1.165) is 22.1 Å². The summed E-state index contributed by atoms with van der Waals surface area (Å²) < 4.78 is 1.07. The Labute approximate surface area is 127 Å². The van der Waals surface area contributed by atoms with E-state index in [1.807, 2.05) is 38.1 Å². The number of likely N-dealkylation sites (tertiary alicyclic amines) is 1. The predicted octanol–water partition coefficient (Wildman–Crippen LogP) is 3.14. The highest BCUT2D eigenvalue weighted by atomic mass is 32.1. The number of hydrogen-bond acceptors (Lipinski definition) is 3. The Morgan fingerprint density at radius 1 is 1.33 bits per heavy atom. The number of carboxylic acids is 1. The summed E-state index contributed by atoms with van der Waals surface area (Å²) >= 11 is 1.45. The monoisotopic (exact) mass is 303 g/mol. The second-order valence-corrected chi connectivity index (χ2v) is 6.65. The first-order valence-corrected chi connectivity index (χ1v) is 7.84. The van der Waals surface area contributed by atoms with Crippen molar-refractivity contribution < 1.29 is 14.7 Å². The lowest BCUT2D eigenvalue weighted by atomic mass is 10.0. The van der Waals surface area contributed by atoms with Gasteiger partial charge in [0.1, 0.15) is 6.04 Å². The minimum Gasteiger partial charge on any atom is -0.480 e. The number of benzene rings is 1. The summed E-state index contributed by atoms with van der Waals surface area (Å²) in [5.74, 6) is -1.06. The van der Waals surface area contributed by atoms with Gasteiger partial charge in [0, 0.05) is 11.2 Å². The van der Waals surface area contributed by atoms with E-state index in [1.54, 1.807) is 0 Å². The quantitative estimate of drug-likeness (QED) is 0.927. The summed E-state index contributed by atoms with van der Waals surface area (Å²) in [4.78, 5) is 26.4. The minimum absolute atomic E-state index is 0.00105. The van der Waals surface area contributed by atoms with Crippen LogP contribution in [0.5, 0.6) is 0 Å². The Kier molecular flexibility index (Phi) is 3.45. The van der Waals surface area contributed by atoms with E-state index in [4.69, 9.17) is 0 Å². The lowest BCUT2D eigenvalue weighted by molar-refractivity contribution is -0.142. The molecule has 1 aromatic heterocycles. The van der Waals surface area contributed by atoms with Crippen LogP contribution in [0.4, 0.5) is 0 Å². The van der Waals surface area contributed by atoms with E-state index in [1.165, 1.54) is 16.2 Å². The Bertz CT molecular complexity index is 721. The van der Waals surface area contributed by atoms with Crippen molar-refractivity contribution >= 4 is 33.3 Å². The molecule has 1 fully saturated rings. The summed E-state index contributed by atoms with van der Waals surface area (Å²) in [6.07, 6.45) is 0.743. The molecule has 1 aromatic carbocycles. The minimum atomic E-state index is -0.910. The third-order valence-corrected chi connectivity index (χ3v) is 5.51. The molecule has 2 aromatic rings. The van der Waals surface area contributed by atoms with E-state index in [0.29, 0.717) is 11.4 Å². The molecular formula is C16H17NO3S. The number of carbonyl (C=O) groups excluding carboxylic acids is 1. The van der Waals surface area contributed by atoms with Gasteiger partial charge >= 0.3 is 5.97 Å². The highest BCUT2D eigenvalue weighted by Crippen LogP contribution is 2.34. The molecule has 3 rings (SSSR count). The molecular weight excluding hydrogens is 286 g/mol. The molecule has 21 heavy (non-hydrogen) atoms. The van der Waals surface area contributed by atoms with Crippen LogP contribution in [-0.4, -0.2) is 34.5 Å². The molecule has 1 amide bonds. The maximum Gasteiger partial charge on any atom is 0.326 e. The van der Waals surface area contributed by atoms with Gasteiger partial charge in [-0.05, 0) is 36.3 Å². The molecule has 1 aliphatic rings. The average molecular weight is 303 g/mol. The Hall–Kier alpha value is -1.88. The Balaban J connectivity index is 2.01. The zero-order chi connectivity index (χ0) is 15.1. The molecule has 2 atom stereocenters. The van der Waals surface area contributed by atoms with Crippen molar-refractivity contribution in [3.05, 3.63) is 34.7 Å². The van der Waals surface area contributed by atoms with E-state index >= 15 is 0 Å². The van der Waals surface area contributed by atoms with Gasteiger partial charge in [-0.25, -0.2) is 4.79 Å². The van der Waals surface area contributed by atoms with Gasteiger partial charge in [0.15, 0.2) is 0 Å². The van der Waals surface area contributed by atoms with Gasteiger partial charge in [0.25, 0.3) is 5.91 Å². The van der Waals surface area contributed by atoms with Crippen molar-refractivity contribution in [1.29, 1.82) is 0 Å². The molecule has 0 bridgehead atoms. The number of hydrogen-bond donors (Lipinski definition) is 1. The number of nitrogens with zero attached hydrogens (tertiary/aromatic N) is 1. The normalized spacial score (nSPS) is 21.9. The largest absolute Gasteiger partial charge is 0.480 e. The SMILES string of the molecule is Cc1c(C(=O)N2CCC(C)C2C(=O)O)sc2ccccc12. The van der Waals surface area contributed by atoms with Crippen molar-refractivity contribution in [2.24, 2.45) is 5.92 Å². The van der Waals surface area contributed by atoms with Gasteiger partial charge in [0.2, 0.25) is 0 Å². The van der Waals surface area contributed by atoms with Crippen LogP contribution in [0.15, 0.2) is 24.3 Å². The molecule has 0 saturated carbocycles. The van der Waals surface area contributed by atoms with Crippen LogP contribution in [0.2, 0.25) is 0 Å². The number of carbonyl (C=O) groups is 2. The van der Waals surface area contributed by atoms with Crippen molar-refractivity contribution in [2.45, 2.75) is 26.3 Å². The second kappa shape index (κ2) is 5.15. The first kappa shape index (κ1) is 14.1. The van der Waals surface area contributed by atoms with Crippen molar-refractivity contribution in [2.75, 3.05) is 6.54 Å². The number of aliphatic carboxylic acids is 1. The summed E-state index contributed by atoms with van der Waals surface area (Å²) in [7, 11) is 0. The number of thiophene rings is 1.